The van der Waals surface area contributed by atoms with Crippen molar-refractivity contribution in [1.29, 1.82) is 0 Å². The predicted octanol–water partition coefficient (Wildman–Crippen LogP) is 5.16. The second-order valence-corrected chi connectivity index (χ2v) is 7.55. The number of nitrogens with zero attached hydrogens (tertiary/aromatic N) is 2. The summed E-state index contributed by atoms with van der Waals surface area (Å²) in [4.78, 5) is 5.27. The van der Waals surface area contributed by atoms with E-state index in [9.17, 15) is 0 Å². The molecule has 0 atom stereocenters. The van der Waals surface area contributed by atoms with Crippen molar-refractivity contribution in [3.8, 4) is 0 Å². The van der Waals surface area contributed by atoms with Crippen LogP contribution in [0.3, 0.4) is 0 Å². The standard InChI is InChI=1S/C22H49N3/c1-5-17-24(18-6-2)21-13-9-11-15-23-16-12-10-14-22-25(19-7-3)20-8-4/h23H,5-22H2,1-4H3. The van der Waals surface area contributed by atoms with Gasteiger partial charge < -0.3 is 15.1 Å². The summed E-state index contributed by atoms with van der Waals surface area (Å²) in [7, 11) is 0. The first-order valence-electron chi connectivity index (χ1n) is 11.4. The summed E-state index contributed by atoms with van der Waals surface area (Å²) < 4.78 is 0. The van der Waals surface area contributed by atoms with Gasteiger partial charge >= 0.3 is 0 Å². The topological polar surface area (TPSA) is 18.5 Å². The fraction of sp³-hybridized carbons (Fsp3) is 1.00. The molecule has 25 heavy (non-hydrogen) atoms. The summed E-state index contributed by atoms with van der Waals surface area (Å²) in [5, 5.41) is 3.64. The molecule has 0 saturated carbocycles. The van der Waals surface area contributed by atoms with E-state index < -0.39 is 0 Å². The molecule has 0 aromatic rings. The van der Waals surface area contributed by atoms with Gasteiger partial charge in [0.05, 0.1) is 0 Å². The van der Waals surface area contributed by atoms with Crippen molar-refractivity contribution in [2.45, 2.75) is 91.9 Å². The number of rotatable bonds is 20. The van der Waals surface area contributed by atoms with Gasteiger partial charge in [-0.15, -0.1) is 0 Å². The van der Waals surface area contributed by atoms with Gasteiger partial charge in [0.2, 0.25) is 0 Å². The smallest absolute Gasteiger partial charge is 0.00187 e. The lowest BCUT2D eigenvalue weighted by atomic mass is 10.2. The van der Waals surface area contributed by atoms with Crippen molar-refractivity contribution in [3.05, 3.63) is 0 Å². The SMILES string of the molecule is CCCN(CCC)CCCCCNCCCCCN(CCC)CCC. The Labute approximate surface area is 159 Å². The third-order valence-electron chi connectivity index (χ3n) is 4.82. The van der Waals surface area contributed by atoms with Gasteiger partial charge in [-0.1, -0.05) is 40.5 Å². The van der Waals surface area contributed by atoms with Gasteiger partial charge in [-0.25, -0.2) is 0 Å². The first kappa shape index (κ1) is 24.9. The minimum Gasteiger partial charge on any atom is -0.317 e. The van der Waals surface area contributed by atoms with Crippen LogP contribution in [0, 0.1) is 0 Å². The second-order valence-electron chi connectivity index (χ2n) is 7.55. The summed E-state index contributed by atoms with van der Waals surface area (Å²) >= 11 is 0. The van der Waals surface area contributed by atoms with Crippen molar-refractivity contribution in [1.82, 2.24) is 15.1 Å². The molecule has 0 spiro atoms. The van der Waals surface area contributed by atoms with Gasteiger partial charge in [0, 0.05) is 0 Å². The van der Waals surface area contributed by atoms with Crippen LogP contribution in [0.5, 0.6) is 0 Å². The average molecular weight is 356 g/mol. The fourth-order valence-corrected chi connectivity index (χ4v) is 3.59. The zero-order chi connectivity index (χ0) is 18.6. The lowest BCUT2D eigenvalue weighted by Crippen LogP contribution is -2.27. The van der Waals surface area contributed by atoms with Crippen molar-refractivity contribution in [2.24, 2.45) is 0 Å². The highest BCUT2D eigenvalue weighted by Crippen LogP contribution is 2.02. The maximum atomic E-state index is 3.64. The molecule has 3 nitrogen and oxygen atoms in total. The molecule has 0 amide bonds. The van der Waals surface area contributed by atoms with E-state index in [1.807, 2.05) is 0 Å². The summed E-state index contributed by atoms with van der Waals surface area (Å²) in [6.07, 6.45) is 13.3. The Balaban J connectivity index is 3.35. The second kappa shape index (κ2) is 20.2. The molecule has 0 radical (unpaired) electrons. The van der Waals surface area contributed by atoms with E-state index in [0.29, 0.717) is 0 Å². The van der Waals surface area contributed by atoms with Crippen LogP contribution in [0.2, 0.25) is 0 Å². The fourth-order valence-electron chi connectivity index (χ4n) is 3.59. The van der Waals surface area contributed by atoms with E-state index in [0.717, 1.165) is 0 Å². The van der Waals surface area contributed by atoms with Gasteiger partial charge in [0.15, 0.2) is 0 Å². The van der Waals surface area contributed by atoms with Gasteiger partial charge in [0.25, 0.3) is 0 Å². The van der Waals surface area contributed by atoms with Crippen molar-refractivity contribution in [2.75, 3.05) is 52.4 Å². The van der Waals surface area contributed by atoms with E-state index in [2.05, 4.69) is 42.8 Å². The third-order valence-corrected chi connectivity index (χ3v) is 4.82. The van der Waals surface area contributed by atoms with Crippen LogP contribution in [0.25, 0.3) is 0 Å². The van der Waals surface area contributed by atoms with Gasteiger partial charge in [-0.3, -0.25) is 0 Å². The maximum Gasteiger partial charge on any atom is -0.00187 e. The van der Waals surface area contributed by atoms with Crippen molar-refractivity contribution in [3.63, 3.8) is 0 Å². The van der Waals surface area contributed by atoms with Gasteiger partial charge in [-0.05, 0) is 104 Å². The van der Waals surface area contributed by atoms with E-state index in [4.69, 9.17) is 0 Å². The Bertz CT molecular complexity index is 209. The Morgan fingerprint density at radius 2 is 0.800 bits per heavy atom. The number of nitrogens with one attached hydrogen (secondary N) is 1. The van der Waals surface area contributed by atoms with Crippen LogP contribution in [0.1, 0.15) is 91.9 Å². The van der Waals surface area contributed by atoms with Crippen molar-refractivity contribution >= 4 is 0 Å². The molecule has 0 fully saturated rings. The molecule has 1 N–H and O–H groups in total. The van der Waals surface area contributed by atoms with Crippen LogP contribution in [-0.2, 0) is 0 Å². The van der Waals surface area contributed by atoms with Crippen molar-refractivity contribution < 1.29 is 0 Å². The van der Waals surface area contributed by atoms with E-state index in [1.54, 1.807) is 0 Å². The molecule has 0 heterocycles. The minimum atomic E-state index is 1.21. The molecule has 152 valence electrons. The largest absolute Gasteiger partial charge is 0.317 e. The molecule has 0 rings (SSSR count). The van der Waals surface area contributed by atoms with E-state index >= 15 is 0 Å². The molecule has 0 aliphatic carbocycles. The first-order chi connectivity index (χ1) is 12.3. The molecule has 0 unspecified atom stereocenters. The van der Waals surface area contributed by atoms with Crippen LogP contribution in [0.4, 0.5) is 0 Å². The molecule has 0 aliphatic heterocycles. The predicted molar refractivity (Wildman–Crippen MR) is 115 cm³/mol. The molecule has 3 heteroatoms. The monoisotopic (exact) mass is 355 g/mol. The van der Waals surface area contributed by atoms with Crippen LogP contribution in [0.15, 0.2) is 0 Å². The Kier molecular flexibility index (Phi) is 20.1. The quantitative estimate of drug-likeness (QED) is 0.304. The number of hydrogen-bond donors (Lipinski definition) is 1. The Morgan fingerprint density at radius 1 is 0.440 bits per heavy atom. The molecule has 0 aromatic heterocycles. The van der Waals surface area contributed by atoms with Gasteiger partial charge in [0.1, 0.15) is 0 Å². The maximum absolute atomic E-state index is 3.64. The van der Waals surface area contributed by atoms with Crippen LogP contribution >= 0.6 is 0 Å². The highest BCUT2D eigenvalue weighted by atomic mass is 15.1. The highest BCUT2D eigenvalue weighted by Gasteiger charge is 2.02. The highest BCUT2D eigenvalue weighted by molar-refractivity contribution is 4.59. The number of unbranched alkanes of at least 4 members (excludes halogenated alkanes) is 4. The van der Waals surface area contributed by atoms with E-state index in [-0.39, 0.29) is 0 Å². The average Bonchev–Trinajstić information content (AvgIpc) is 2.60. The summed E-state index contributed by atoms with van der Waals surface area (Å²) in [5.41, 5.74) is 0. The molecule has 0 aliphatic rings. The van der Waals surface area contributed by atoms with E-state index in [1.165, 1.54) is 117 Å². The normalized spacial score (nSPS) is 11.8. The molecule has 0 aromatic carbocycles. The molecule has 0 saturated heterocycles. The summed E-state index contributed by atoms with van der Waals surface area (Å²) in [6, 6.07) is 0. The minimum absolute atomic E-state index is 1.21. The zero-order valence-electron chi connectivity index (χ0n) is 18.1. The third kappa shape index (κ3) is 17.1. The lowest BCUT2D eigenvalue weighted by Gasteiger charge is -2.20. The summed E-state index contributed by atoms with van der Waals surface area (Å²) in [5.74, 6) is 0. The Hall–Kier alpha value is -0.120. The van der Waals surface area contributed by atoms with Gasteiger partial charge in [-0.2, -0.15) is 0 Å². The molecular weight excluding hydrogens is 306 g/mol. The number of hydrogen-bond acceptors (Lipinski definition) is 3. The molecule has 0 bridgehead atoms. The summed E-state index contributed by atoms with van der Waals surface area (Å²) in [6.45, 7) is 19.3. The van der Waals surface area contributed by atoms with Crippen LogP contribution < -0.4 is 5.32 Å². The Morgan fingerprint density at radius 3 is 1.12 bits per heavy atom. The molecular formula is C22H49N3. The first-order valence-corrected chi connectivity index (χ1v) is 11.4. The zero-order valence-corrected chi connectivity index (χ0v) is 18.1. The lowest BCUT2D eigenvalue weighted by molar-refractivity contribution is 0.267. The van der Waals surface area contributed by atoms with Crippen LogP contribution in [-0.4, -0.2) is 62.2 Å².